The number of carbonyl (C=O) groups excluding carboxylic acids is 2. The van der Waals surface area contributed by atoms with Crippen LogP contribution in [0.5, 0.6) is 0 Å². The minimum Gasteiger partial charge on any atom is -0.341 e. The molecule has 0 aliphatic rings. The van der Waals surface area contributed by atoms with Gasteiger partial charge in [-0.1, -0.05) is 42.5 Å². The van der Waals surface area contributed by atoms with E-state index in [4.69, 9.17) is 0 Å². The lowest BCUT2D eigenvalue weighted by atomic mass is 10.1. The van der Waals surface area contributed by atoms with Crippen molar-refractivity contribution in [1.82, 2.24) is 15.1 Å². The number of rotatable bonds is 5. The summed E-state index contributed by atoms with van der Waals surface area (Å²) >= 11 is 0. The Balaban J connectivity index is 1.54. The second kappa shape index (κ2) is 8.11. The summed E-state index contributed by atoms with van der Waals surface area (Å²) < 4.78 is 1.81. The smallest absolute Gasteiger partial charge is 0.313 e. The highest BCUT2D eigenvalue weighted by molar-refractivity contribution is 6.39. The molecule has 1 heterocycles. The van der Waals surface area contributed by atoms with Crippen molar-refractivity contribution in [2.75, 3.05) is 5.32 Å². The van der Waals surface area contributed by atoms with Gasteiger partial charge in [0.1, 0.15) is 0 Å². The van der Waals surface area contributed by atoms with E-state index in [0.29, 0.717) is 12.2 Å². The highest BCUT2D eigenvalue weighted by atomic mass is 16.2. The normalized spacial score (nSPS) is 11.6. The molecule has 0 aliphatic carbocycles. The maximum Gasteiger partial charge on any atom is 0.313 e. The van der Waals surface area contributed by atoms with E-state index in [9.17, 15) is 9.59 Å². The summed E-state index contributed by atoms with van der Waals surface area (Å²) in [5.41, 5.74) is 2.56. The molecule has 0 saturated carbocycles. The molecule has 0 fully saturated rings. The monoisotopic (exact) mass is 348 g/mol. The lowest BCUT2D eigenvalue weighted by molar-refractivity contribution is -0.136. The van der Waals surface area contributed by atoms with Crippen molar-refractivity contribution in [2.45, 2.75) is 19.5 Å². The van der Waals surface area contributed by atoms with Gasteiger partial charge in [-0.25, -0.2) is 0 Å². The zero-order valence-corrected chi connectivity index (χ0v) is 14.4. The number of nitrogens with one attached hydrogen (secondary N) is 2. The molecule has 6 heteroatoms. The Bertz CT molecular complexity index is 859. The molecule has 132 valence electrons. The zero-order valence-electron chi connectivity index (χ0n) is 14.4. The van der Waals surface area contributed by atoms with E-state index in [2.05, 4.69) is 15.7 Å². The lowest BCUT2D eigenvalue weighted by Crippen LogP contribution is -2.36. The fourth-order valence-corrected chi connectivity index (χ4v) is 2.55. The molecule has 3 rings (SSSR count). The van der Waals surface area contributed by atoms with Crippen molar-refractivity contribution in [3.63, 3.8) is 0 Å². The van der Waals surface area contributed by atoms with E-state index in [1.165, 1.54) is 0 Å². The minimum absolute atomic E-state index is 0.245. The molecule has 3 aromatic rings. The van der Waals surface area contributed by atoms with Gasteiger partial charge in [-0.2, -0.15) is 5.10 Å². The van der Waals surface area contributed by atoms with E-state index in [-0.39, 0.29) is 6.04 Å². The average Bonchev–Trinajstić information content (AvgIpc) is 3.17. The molecule has 2 amide bonds. The van der Waals surface area contributed by atoms with Crippen LogP contribution in [0.15, 0.2) is 73.1 Å². The van der Waals surface area contributed by atoms with Gasteiger partial charge < -0.3 is 10.6 Å². The molecular weight excluding hydrogens is 328 g/mol. The van der Waals surface area contributed by atoms with Gasteiger partial charge in [0.25, 0.3) is 0 Å². The van der Waals surface area contributed by atoms with Gasteiger partial charge in [0, 0.05) is 18.1 Å². The summed E-state index contributed by atoms with van der Waals surface area (Å²) in [4.78, 5) is 24.2. The summed E-state index contributed by atoms with van der Waals surface area (Å²) in [6.45, 7) is 2.49. The molecule has 1 atom stereocenters. The third-order valence-electron chi connectivity index (χ3n) is 3.97. The third kappa shape index (κ3) is 4.57. The first-order valence-electron chi connectivity index (χ1n) is 8.35. The quantitative estimate of drug-likeness (QED) is 0.696. The van der Waals surface area contributed by atoms with Crippen LogP contribution in [0, 0.1) is 0 Å². The van der Waals surface area contributed by atoms with E-state index >= 15 is 0 Å². The zero-order chi connectivity index (χ0) is 18.4. The molecule has 0 radical (unpaired) electrons. The first kappa shape index (κ1) is 17.4. The van der Waals surface area contributed by atoms with Crippen molar-refractivity contribution in [3.8, 4) is 0 Å². The molecule has 0 bridgehead atoms. The van der Waals surface area contributed by atoms with Crippen molar-refractivity contribution >= 4 is 17.5 Å². The van der Waals surface area contributed by atoms with Gasteiger partial charge >= 0.3 is 11.8 Å². The molecule has 1 aromatic heterocycles. The minimum atomic E-state index is -0.687. The fourth-order valence-electron chi connectivity index (χ4n) is 2.55. The Morgan fingerprint density at radius 1 is 1.00 bits per heavy atom. The van der Waals surface area contributed by atoms with Gasteiger partial charge in [0.2, 0.25) is 0 Å². The van der Waals surface area contributed by atoms with Crippen LogP contribution in [0.2, 0.25) is 0 Å². The van der Waals surface area contributed by atoms with Gasteiger partial charge in [-0.15, -0.1) is 0 Å². The molecule has 0 saturated heterocycles. The Labute approximate surface area is 151 Å². The number of amides is 2. The lowest BCUT2D eigenvalue weighted by Gasteiger charge is -2.14. The Morgan fingerprint density at radius 2 is 1.73 bits per heavy atom. The number of hydrogen-bond donors (Lipinski definition) is 2. The SMILES string of the molecule is CC(NC(=O)C(=O)Nc1ccc(Cn2cccn2)cc1)c1ccccc1. The summed E-state index contributed by atoms with van der Waals surface area (Å²) in [6.07, 6.45) is 3.61. The van der Waals surface area contributed by atoms with Crippen molar-refractivity contribution in [2.24, 2.45) is 0 Å². The summed E-state index contributed by atoms with van der Waals surface area (Å²) in [5.74, 6) is -1.35. The van der Waals surface area contributed by atoms with Gasteiger partial charge in [0.05, 0.1) is 12.6 Å². The van der Waals surface area contributed by atoms with Crippen LogP contribution < -0.4 is 10.6 Å². The van der Waals surface area contributed by atoms with Crippen LogP contribution in [-0.4, -0.2) is 21.6 Å². The number of anilines is 1. The molecule has 1 unspecified atom stereocenters. The molecule has 2 N–H and O–H groups in total. The van der Waals surface area contributed by atoms with Crippen LogP contribution in [0.4, 0.5) is 5.69 Å². The molecule has 0 aliphatic heterocycles. The van der Waals surface area contributed by atoms with Crippen LogP contribution >= 0.6 is 0 Å². The van der Waals surface area contributed by atoms with Crippen LogP contribution in [0.3, 0.4) is 0 Å². The number of carbonyl (C=O) groups is 2. The highest BCUT2D eigenvalue weighted by Gasteiger charge is 2.17. The number of benzene rings is 2. The van der Waals surface area contributed by atoms with Crippen LogP contribution in [0.25, 0.3) is 0 Å². The van der Waals surface area contributed by atoms with E-state index in [0.717, 1.165) is 11.1 Å². The van der Waals surface area contributed by atoms with Gasteiger partial charge in [-0.3, -0.25) is 14.3 Å². The Kier molecular flexibility index (Phi) is 5.43. The maximum absolute atomic E-state index is 12.1. The Morgan fingerprint density at radius 3 is 2.38 bits per heavy atom. The average molecular weight is 348 g/mol. The van der Waals surface area contributed by atoms with Crippen molar-refractivity contribution < 1.29 is 9.59 Å². The standard InChI is InChI=1S/C20H20N4O2/c1-15(17-6-3-2-4-7-17)22-19(25)20(26)23-18-10-8-16(9-11-18)14-24-13-5-12-21-24/h2-13,15H,14H2,1H3,(H,22,25)(H,23,26). The second-order valence-corrected chi connectivity index (χ2v) is 5.96. The van der Waals surface area contributed by atoms with Crippen LogP contribution in [0.1, 0.15) is 24.1 Å². The van der Waals surface area contributed by atoms with Crippen molar-refractivity contribution in [3.05, 3.63) is 84.2 Å². The highest BCUT2D eigenvalue weighted by Crippen LogP contribution is 2.12. The van der Waals surface area contributed by atoms with E-state index in [1.807, 2.05) is 66.3 Å². The first-order valence-corrected chi connectivity index (χ1v) is 8.35. The molecule has 6 nitrogen and oxygen atoms in total. The topological polar surface area (TPSA) is 76.0 Å². The summed E-state index contributed by atoms with van der Waals surface area (Å²) in [5, 5.41) is 9.46. The maximum atomic E-state index is 12.1. The largest absolute Gasteiger partial charge is 0.341 e. The molecule has 2 aromatic carbocycles. The summed E-state index contributed by atoms with van der Waals surface area (Å²) in [6, 6.07) is 18.4. The van der Waals surface area contributed by atoms with E-state index in [1.54, 1.807) is 18.3 Å². The first-order chi connectivity index (χ1) is 12.6. The second-order valence-electron chi connectivity index (χ2n) is 5.96. The molecule has 0 spiro atoms. The molecule has 26 heavy (non-hydrogen) atoms. The molecular formula is C20H20N4O2. The van der Waals surface area contributed by atoms with Crippen LogP contribution in [-0.2, 0) is 16.1 Å². The predicted octanol–water partition coefficient (Wildman–Crippen LogP) is 2.75. The predicted molar refractivity (Wildman–Crippen MR) is 99.4 cm³/mol. The number of hydrogen-bond acceptors (Lipinski definition) is 3. The van der Waals surface area contributed by atoms with Gasteiger partial charge in [0.15, 0.2) is 0 Å². The Hall–Kier alpha value is -3.41. The van der Waals surface area contributed by atoms with E-state index < -0.39 is 11.8 Å². The van der Waals surface area contributed by atoms with Gasteiger partial charge in [-0.05, 0) is 36.2 Å². The summed E-state index contributed by atoms with van der Waals surface area (Å²) in [7, 11) is 0. The van der Waals surface area contributed by atoms with Crippen molar-refractivity contribution in [1.29, 1.82) is 0 Å². The third-order valence-corrected chi connectivity index (χ3v) is 3.97. The number of nitrogens with zero attached hydrogens (tertiary/aromatic N) is 2. The number of aromatic nitrogens is 2. The fraction of sp³-hybridized carbons (Fsp3) is 0.150.